The lowest BCUT2D eigenvalue weighted by Gasteiger charge is -2.32. The van der Waals surface area contributed by atoms with E-state index in [4.69, 9.17) is 16.3 Å². The van der Waals surface area contributed by atoms with E-state index in [2.05, 4.69) is 25.2 Å². The molecule has 0 radical (unpaired) electrons. The Balaban J connectivity index is 1.74. The molecular formula is C25H33ClN2O4S. The van der Waals surface area contributed by atoms with Crippen molar-refractivity contribution in [2.75, 3.05) is 20.2 Å². The van der Waals surface area contributed by atoms with Crippen molar-refractivity contribution in [1.82, 2.24) is 9.62 Å². The van der Waals surface area contributed by atoms with Gasteiger partial charge in [0.2, 0.25) is 15.9 Å². The molecule has 2 aromatic carbocycles. The van der Waals surface area contributed by atoms with Gasteiger partial charge in [-0.2, -0.15) is 4.31 Å². The van der Waals surface area contributed by atoms with E-state index in [1.165, 1.54) is 16.4 Å². The van der Waals surface area contributed by atoms with Gasteiger partial charge in [-0.1, -0.05) is 25.4 Å². The molecule has 8 heteroatoms. The summed E-state index contributed by atoms with van der Waals surface area (Å²) in [6.45, 7) is 8.76. The summed E-state index contributed by atoms with van der Waals surface area (Å²) in [5, 5.41) is 3.59. The van der Waals surface area contributed by atoms with Gasteiger partial charge in [-0.15, -0.1) is 0 Å². The maximum absolute atomic E-state index is 13.1. The lowest BCUT2D eigenvalue weighted by Crippen LogP contribution is -2.45. The van der Waals surface area contributed by atoms with Crippen molar-refractivity contribution in [1.29, 1.82) is 0 Å². The van der Waals surface area contributed by atoms with Crippen LogP contribution in [0.25, 0.3) is 0 Å². The lowest BCUT2D eigenvalue weighted by molar-refractivity contribution is -0.126. The van der Waals surface area contributed by atoms with Crippen molar-refractivity contribution in [2.24, 2.45) is 5.92 Å². The molecule has 0 saturated carbocycles. The molecule has 0 aliphatic carbocycles. The molecule has 0 unspecified atom stereocenters. The first kappa shape index (κ1) is 25.5. The lowest BCUT2D eigenvalue weighted by atomic mass is 9.92. The number of rotatable bonds is 7. The Morgan fingerprint density at radius 2 is 1.82 bits per heavy atom. The van der Waals surface area contributed by atoms with Crippen LogP contribution in [0.3, 0.4) is 0 Å². The highest BCUT2D eigenvalue weighted by Gasteiger charge is 2.34. The zero-order chi connectivity index (χ0) is 24.3. The summed E-state index contributed by atoms with van der Waals surface area (Å²) in [4.78, 5) is 13.3. The molecule has 0 bridgehead atoms. The number of benzene rings is 2. The number of methoxy groups -OCH3 is 1. The molecule has 33 heavy (non-hydrogen) atoms. The third-order valence-corrected chi connectivity index (χ3v) is 8.40. The Labute approximate surface area is 202 Å². The summed E-state index contributed by atoms with van der Waals surface area (Å²) in [5.74, 6) is 0.610. The number of nitrogens with zero attached hydrogens (tertiary/aromatic N) is 1. The van der Waals surface area contributed by atoms with E-state index >= 15 is 0 Å². The van der Waals surface area contributed by atoms with Gasteiger partial charge in [0.15, 0.2) is 0 Å². The molecule has 1 N–H and O–H groups in total. The van der Waals surface area contributed by atoms with Gasteiger partial charge in [-0.3, -0.25) is 4.79 Å². The minimum atomic E-state index is -3.67. The van der Waals surface area contributed by atoms with E-state index in [1.807, 2.05) is 19.9 Å². The average Bonchev–Trinajstić information content (AvgIpc) is 2.78. The van der Waals surface area contributed by atoms with Crippen molar-refractivity contribution >= 4 is 27.5 Å². The quantitative estimate of drug-likeness (QED) is 0.586. The first-order chi connectivity index (χ1) is 15.5. The van der Waals surface area contributed by atoms with E-state index in [0.29, 0.717) is 24.4 Å². The predicted octanol–water partition coefficient (Wildman–Crippen LogP) is 5.06. The van der Waals surface area contributed by atoms with Crippen molar-refractivity contribution < 1.29 is 17.9 Å². The molecule has 6 nitrogen and oxygen atoms in total. The van der Waals surface area contributed by atoms with Gasteiger partial charge >= 0.3 is 0 Å². The minimum absolute atomic E-state index is 0.125. The molecule has 2 atom stereocenters. The number of amides is 1. The molecule has 2 aromatic rings. The van der Waals surface area contributed by atoms with Gasteiger partial charge < -0.3 is 10.1 Å². The first-order valence-electron chi connectivity index (χ1n) is 11.3. The summed E-state index contributed by atoms with van der Waals surface area (Å²) in [6.07, 6.45) is 1.29. The zero-order valence-electron chi connectivity index (χ0n) is 19.9. The van der Waals surface area contributed by atoms with E-state index in [-0.39, 0.29) is 29.3 Å². The molecular weight excluding hydrogens is 460 g/mol. The number of halogens is 1. The van der Waals surface area contributed by atoms with Crippen LogP contribution in [0.1, 0.15) is 62.3 Å². The maximum Gasteiger partial charge on any atom is 0.243 e. The number of ether oxygens (including phenoxy) is 1. The number of carbonyl (C=O) groups excluding carboxylic acids is 1. The number of hydrogen-bond donors (Lipinski definition) is 1. The first-order valence-corrected chi connectivity index (χ1v) is 13.1. The largest absolute Gasteiger partial charge is 0.496 e. The van der Waals surface area contributed by atoms with Crippen LogP contribution in [0.15, 0.2) is 41.3 Å². The van der Waals surface area contributed by atoms with Crippen molar-refractivity contribution in [3.8, 4) is 5.75 Å². The molecule has 1 aliphatic heterocycles. The Morgan fingerprint density at radius 1 is 1.15 bits per heavy atom. The maximum atomic E-state index is 13.1. The van der Waals surface area contributed by atoms with Crippen LogP contribution < -0.4 is 10.1 Å². The zero-order valence-corrected chi connectivity index (χ0v) is 21.5. The second kappa shape index (κ2) is 10.5. The van der Waals surface area contributed by atoms with Crippen LogP contribution >= 0.6 is 11.6 Å². The van der Waals surface area contributed by atoms with Crippen LogP contribution in [0.2, 0.25) is 5.02 Å². The topological polar surface area (TPSA) is 75.7 Å². The predicted molar refractivity (Wildman–Crippen MR) is 131 cm³/mol. The Kier molecular flexibility index (Phi) is 8.08. The molecule has 180 valence electrons. The fourth-order valence-electron chi connectivity index (χ4n) is 4.35. The normalized spacial score (nSPS) is 18.2. The number of carbonyl (C=O) groups is 1. The molecule has 1 heterocycles. The van der Waals surface area contributed by atoms with Crippen LogP contribution in [0.4, 0.5) is 0 Å². The smallest absolute Gasteiger partial charge is 0.243 e. The number of aryl methyl sites for hydroxylation is 1. The van der Waals surface area contributed by atoms with Gasteiger partial charge in [0, 0.05) is 18.1 Å². The van der Waals surface area contributed by atoms with Crippen molar-refractivity contribution in [2.45, 2.75) is 57.4 Å². The number of hydrogen-bond acceptors (Lipinski definition) is 4. The summed E-state index contributed by atoms with van der Waals surface area (Å²) in [7, 11) is -2.01. The van der Waals surface area contributed by atoms with Gasteiger partial charge in [-0.05, 0) is 85.7 Å². The van der Waals surface area contributed by atoms with Crippen LogP contribution in [0, 0.1) is 12.8 Å². The molecule has 1 aliphatic rings. The molecule has 1 saturated heterocycles. The number of sulfonamides is 1. The van der Waals surface area contributed by atoms with Crippen molar-refractivity contribution in [3.63, 3.8) is 0 Å². The summed E-state index contributed by atoms with van der Waals surface area (Å²) in [5.41, 5.74) is 3.17. The van der Waals surface area contributed by atoms with Crippen molar-refractivity contribution in [3.05, 3.63) is 58.1 Å². The molecule has 0 aromatic heterocycles. The highest BCUT2D eigenvalue weighted by Crippen LogP contribution is 2.32. The van der Waals surface area contributed by atoms with Crippen LogP contribution in [-0.4, -0.2) is 38.8 Å². The van der Waals surface area contributed by atoms with Gasteiger partial charge in [0.05, 0.1) is 24.0 Å². The second-order valence-electron chi connectivity index (χ2n) is 8.99. The van der Waals surface area contributed by atoms with E-state index in [0.717, 1.165) is 22.4 Å². The van der Waals surface area contributed by atoms with E-state index in [9.17, 15) is 13.2 Å². The fraction of sp³-hybridized carbons (Fsp3) is 0.480. The standard InChI is InChI=1S/C25H33ClN2O4S/c1-16(2)22-14-23(17(3)13-24(22)32-5)18(4)27-25(29)19-7-6-12-28(15-19)33(30,31)21-10-8-20(26)9-11-21/h8-11,13-14,16,18-19H,6-7,12,15H2,1-5H3,(H,27,29)/t18-,19+/m0/s1. The average molecular weight is 493 g/mol. The molecule has 0 spiro atoms. The highest BCUT2D eigenvalue weighted by molar-refractivity contribution is 7.89. The summed E-state index contributed by atoms with van der Waals surface area (Å²) < 4.78 is 33.0. The monoisotopic (exact) mass is 492 g/mol. The van der Waals surface area contributed by atoms with Crippen LogP contribution in [-0.2, 0) is 14.8 Å². The highest BCUT2D eigenvalue weighted by atomic mass is 35.5. The number of nitrogens with one attached hydrogen (secondary N) is 1. The second-order valence-corrected chi connectivity index (χ2v) is 11.4. The van der Waals surface area contributed by atoms with Gasteiger partial charge in [0.1, 0.15) is 5.75 Å². The summed E-state index contributed by atoms with van der Waals surface area (Å²) >= 11 is 5.90. The Morgan fingerprint density at radius 3 is 2.42 bits per heavy atom. The SMILES string of the molecule is COc1cc(C)c([C@H](C)NC(=O)[C@@H]2CCCN(S(=O)(=O)c3ccc(Cl)cc3)C2)cc1C(C)C. The molecule has 3 rings (SSSR count). The Hall–Kier alpha value is -2.09. The molecule has 1 amide bonds. The van der Waals surface area contributed by atoms with Gasteiger partial charge in [-0.25, -0.2) is 8.42 Å². The van der Waals surface area contributed by atoms with Gasteiger partial charge in [0.25, 0.3) is 0 Å². The summed E-state index contributed by atoms with van der Waals surface area (Å²) in [6, 6.07) is 10.0. The van der Waals surface area contributed by atoms with E-state index in [1.54, 1.807) is 19.2 Å². The fourth-order valence-corrected chi connectivity index (χ4v) is 6.00. The molecule has 1 fully saturated rings. The third-order valence-electron chi connectivity index (χ3n) is 6.27. The third kappa shape index (κ3) is 5.70. The van der Waals surface area contributed by atoms with E-state index < -0.39 is 15.9 Å². The minimum Gasteiger partial charge on any atom is -0.496 e. The Bertz CT molecular complexity index is 1100. The van der Waals surface area contributed by atoms with Crippen LogP contribution in [0.5, 0.6) is 5.75 Å². The number of piperidine rings is 1.